The molecular formula is C109H141BBrCl5N2NaO22Sn. The number of nitrogens with two attached hydrogens (primary N) is 1. The Balaban J connectivity index is -0.000000761. The summed E-state index contributed by atoms with van der Waals surface area (Å²) >= 11 is 30.9. The number of aromatic amines is 1. The number of halogens is 6. The Bertz CT molecular complexity index is 5590. The van der Waals surface area contributed by atoms with Gasteiger partial charge in [-0.2, -0.15) is 0 Å². The van der Waals surface area contributed by atoms with E-state index in [1.54, 1.807) is 120 Å². The minimum absolute atomic E-state index is 0. The van der Waals surface area contributed by atoms with Crippen LogP contribution in [0.5, 0.6) is 17.2 Å². The minimum atomic E-state index is -2.24. The maximum Gasteiger partial charge on any atom is 1.00 e. The predicted octanol–water partition coefficient (Wildman–Crippen LogP) is 24.0. The number of hydrogen-bond acceptors (Lipinski definition) is 22. The van der Waals surface area contributed by atoms with Gasteiger partial charge in [-0.25, -0.2) is 28.8 Å². The van der Waals surface area contributed by atoms with Gasteiger partial charge in [0.1, 0.15) is 35.2 Å². The molecule has 3 unspecified atom stereocenters. The van der Waals surface area contributed by atoms with Crippen molar-refractivity contribution in [3.05, 3.63) is 345 Å². The van der Waals surface area contributed by atoms with Gasteiger partial charge in [0, 0.05) is 71.1 Å². The van der Waals surface area contributed by atoms with Crippen molar-refractivity contribution in [2.45, 2.75) is 194 Å². The van der Waals surface area contributed by atoms with Crippen LogP contribution >= 0.6 is 73.9 Å². The number of aromatic nitrogens is 1. The molecule has 0 saturated heterocycles. The molecule has 0 spiro atoms. The van der Waals surface area contributed by atoms with Crippen molar-refractivity contribution in [2.75, 3.05) is 62.5 Å². The van der Waals surface area contributed by atoms with E-state index in [4.69, 9.17) is 108 Å². The number of H-pyrrole nitrogens is 1. The number of phenols is 1. The summed E-state index contributed by atoms with van der Waals surface area (Å²) in [6, 6.07) is 53.0. The number of esters is 5. The number of nitrogens with one attached hydrogen (secondary N) is 1. The first kappa shape index (κ1) is 137. The van der Waals surface area contributed by atoms with Gasteiger partial charge in [0.2, 0.25) is 0 Å². The largest absolute Gasteiger partial charge is 1.00 e. The molecule has 1 aromatic heterocycles. The number of aromatic carboxylic acids is 1. The average Bonchev–Trinajstić information content (AvgIpc) is 0.844. The van der Waals surface area contributed by atoms with Crippen molar-refractivity contribution >= 4 is 148 Å². The van der Waals surface area contributed by atoms with Crippen LogP contribution in [0.1, 0.15) is 267 Å². The number of aliphatic hydroxyl groups is 3. The molecule has 33 heteroatoms. The number of hydrogen-bond donors (Lipinski definition) is 7. The van der Waals surface area contributed by atoms with E-state index >= 15 is 0 Å². The molecule has 3 atom stereocenters. The number of phenolic OH excluding ortho intramolecular Hbond substituents is 1. The Morgan fingerprint density at radius 1 is 0.472 bits per heavy atom. The van der Waals surface area contributed by atoms with E-state index in [0.717, 1.165) is 74.3 Å². The maximum absolute atomic E-state index is 11.6. The topological polar surface area (TPSA) is 363 Å². The molecule has 10 rings (SSSR count). The van der Waals surface area contributed by atoms with Crippen LogP contribution in [0.3, 0.4) is 0 Å². The third-order valence-corrected chi connectivity index (χ3v) is 38.1. The molecule has 0 bridgehead atoms. The van der Waals surface area contributed by atoms with Crippen LogP contribution in [0.4, 0.5) is 0 Å². The van der Waals surface area contributed by atoms with E-state index in [9.17, 15) is 43.5 Å². The summed E-state index contributed by atoms with van der Waals surface area (Å²) in [7, 11) is 7.64. The van der Waals surface area contributed by atoms with E-state index in [-0.39, 0.29) is 80.5 Å². The number of ketones is 1. The number of ether oxygens (including phenoxy) is 9. The zero-order valence-electron chi connectivity index (χ0n) is 87.3. The van der Waals surface area contributed by atoms with E-state index in [1.165, 1.54) is 110 Å². The number of unbranched alkanes of at least 4 members (excludes halogenated alkanes) is 3. The monoisotopic (exact) mass is 2240 g/mol. The summed E-state index contributed by atoms with van der Waals surface area (Å²) < 4.78 is 52.4. The number of aryl methyl sites for hydroxylation is 7. The van der Waals surface area contributed by atoms with Crippen LogP contribution in [-0.4, -0.2) is 161 Å². The quantitative estimate of drug-likeness (QED) is 0.00723. The van der Waals surface area contributed by atoms with Crippen molar-refractivity contribution in [1.82, 2.24) is 4.98 Å². The van der Waals surface area contributed by atoms with Crippen LogP contribution in [-0.2, 0) is 39.7 Å². The van der Waals surface area contributed by atoms with Gasteiger partial charge in [-0.05, 0) is 254 Å². The minimum Gasteiger partial charge on any atom is -1.00 e. The van der Waals surface area contributed by atoms with Gasteiger partial charge in [-0.15, -0.1) is 0 Å². The summed E-state index contributed by atoms with van der Waals surface area (Å²) in [5.74, 6) is -0.693. The van der Waals surface area contributed by atoms with Gasteiger partial charge < -0.3 is 75.6 Å². The first-order chi connectivity index (χ1) is 66.3. The number of aliphatic hydroxyl groups excluding tert-OH is 3. The molecule has 3 radical (unpaired) electrons. The summed E-state index contributed by atoms with van der Waals surface area (Å²) in [5, 5.41) is 43.7. The van der Waals surface area contributed by atoms with E-state index < -0.39 is 54.3 Å². The number of carbonyl (C=O) groups is 7. The second kappa shape index (κ2) is 75.3. The number of aromatic hydroxyl groups is 1. The third-order valence-electron chi connectivity index (χ3n) is 20.6. The Kier molecular flexibility index (Phi) is 72.5. The molecule has 10 aromatic rings. The van der Waals surface area contributed by atoms with Gasteiger partial charge in [-0.1, -0.05) is 143 Å². The van der Waals surface area contributed by atoms with Gasteiger partial charge in [0.25, 0.3) is 5.56 Å². The van der Waals surface area contributed by atoms with Crippen LogP contribution in [0, 0.1) is 48.5 Å². The van der Waals surface area contributed by atoms with Crippen molar-refractivity contribution in [3.63, 3.8) is 0 Å². The fourth-order valence-electron chi connectivity index (χ4n) is 13.1. The van der Waals surface area contributed by atoms with Gasteiger partial charge in [0.15, 0.2) is 5.78 Å². The number of para-hydroxylation sites is 3. The predicted molar refractivity (Wildman–Crippen MR) is 577 cm³/mol. The number of carboxylic acids is 1. The number of Topliss-reactive ketones (excluding diaryl/α,β-unsaturated/α-hetero) is 1. The SMILES string of the molecule is C=C(OCC)c1cc(C)c(C(=O)OC)cc1Cl.C=[C](OCC)[Sn]([CH2]CCC)([CH2]CCC)[CH2]CCC.CCO.CO.COC(=O)c1cc(Cl)c(C(C)=O)cc1C.COC(=O)c1cc(Cl)c(C(C)O)cc1C.COC(=O)c1cc(Cl)c(C(C)Oc2ccccc2)cc1C.COC(=O)c1ccc(Br)c(Cl)c1.Cc1cc(C(C)Oc2ccccc2)ccc1C(=O)O.Cc1cc(C)c(CN)c(=O)[nH]1.Oc1ccccc1.[B].[H-].[Na+]. The zero-order chi connectivity index (χ0) is 107. The Morgan fingerprint density at radius 2 is 0.845 bits per heavy atom. The molecule has 769 valence electrons. The molecule has 0 saturated carbocycles. The van der Waals surface area contributed by atoms with Crippen LogP contribution in [0.15, 0.2) is 208 Å². The van der Waals surface area contributed by atoms with Gasteiger partial charge >= 0.3 is 185 Å². The van der Waals surface area contributed by atoms with Crippen molar-refractivity contribution in [2.24, 2.45) is 5.73 Å². The summed E-state index contributed by atoms with van der Waals surface area (Å²) in [6.45, 7) is 42.2. The van der Waals surface area contributed by atoms with Crippen molar-refractivity contribution in [3.8, 4) is 17.2 Å². The molecule has 0 aliphatic rings. The molecule has 1 heterocycles. The van der Waals surface area contributed by atoms with E-state index in [1.807, 2.05) is 133 Å². The first-order valence-corrected chi connectivity index (χ1v) is 55.4. The molecule has 0 aliphatic carbocycles. The number of pyridine rings is 1. The number of methoxy groups -OCH3 is 5. The second-order valence-electron chi connectivity index (χ2n) is 31.1. The number of benzene rings is 9. The number of rotatable bonds is 30. The molecule has 9 aromatic carbocycles. The Hall–Kier alpha value is -9.47. The van der Waals surface area contributed by atoms with E-state index in [0.29, 0.717) is 106 Å². The normalized spacial score (nSPS) is 10.5. The van der Waals surface area contributed by atoms with Crippen LogP contribution in [0.2, 0.25) is 38.4 Å². The molecule has 8 N–H and O–H groups in total. The fourth-order valence-corrected chi connectivity index (χ4v) is 29.4. The summed E-state index contributed by atoms with van der Waals surface area (Å²) in [5.41, 5.74) is 17.6. The molecule has 142 heavy (non-hydrogen) atoms. The standard InChI is InChI=1S/C17H17ClO3.C16H16O3.C13H15ClO3.C11H13ClO3.C11H11ClO3.C8H6BrClO2.C8H12N2O.C6H6O.C4H7O.3C4H9.C2H6O.CH4O.B.Na.Sn.H/c1-11-9-15(16(18)10-14(11)17(19)20-3)12(2)21-13-7-5-4-6-8-13;1-11-10-13(8-9-15(11)16(17)18)12(2)19-14-6-4-3-5-7-14;1-5-17-9(3)11-6-8(2)10(7-12(11)14)13(15)16-4;2*1-6-4-9(7(2)13)10(12)5-8(6)11(14)15-3;1-12-8(11)5-2-3-6(9)7(10)4-5;1-5-3-6(2)10-8(11)7(5)4-9;7-6-4-2-1-3-5-6;1-3-5-4-2;3*1-3-4-2;1-2-3;1-2;;;;/h4-10,12H,1-3H3;3-10,12H,1-2H3,(H,17,18);6-7H,3,5H2,1-2,4H3;4-5,7,13H,1-3H3;4-5H,1-3H3;2-4H,1H3;3H,4,9H2,1-2H3,(H,10,11);1-5,7H;1,4H2,2H3;3*1,3-4H2,2H3;3H,2H2,1H3;2H,1H3;;;;/q;;;;;;;;;;;;;;;+1;;-1. The smallest absolute Gasteiger partial charge is 1.00 e. The average molecular weight is 2240 g/mol. The van der Waals surface area contributed by atoms with Gasteiger partial charge in [0.05, 0.1) is 96.7 Å². The second-order valence-corrected chi connectivity index (χ2v) is 47.2. The summed E-state index contributed by atoms with van der Waals surface area (Å²) in [4.78, 5) is 92.7. The van der Waals surface area contributed by atoms with Crippen LogP contribution < -0.4 is 50.3 Å². The fraction of sp³-hybridized carbons (Fsp3) is 0.358. The zero-order valence-corrected chi connectivity index (χ0v) is 96.5. The van der Waals surface area contributed by atoms with Crippen molar-refractivity contribution < 1.29 is 133 Å². The van der Waals surface area contributed by atoms with Crippen molar-refractivity contribution in [1.29, 1.82) is 0 Å². The Labute approximate surface area is 902 Å². The third kappa shape index (κ3) is 48.9. The van der Waals surface area contributed by atoms with E-state index in [2.05, 4.69) is 80.7 Å². The van der Waals surface area contributed by atoms with Crippen LogP contribution in [0.25, 0.3) is 5.76 Å². The molecule has 0 aliphatic heterocycles. The molecule has 0 amide bonds. The molecule has 24 nitrogen and oxygen atoms in total. The number of carbonyl (C=O) groups excluding carboxylic acids is 6. The first-order valence-electron chi connectivity index (χ1n) is 45.2. The van der Waals surface area contributed by atoms with Gasteiger partial charge in [-0.3, -0.25) is 9.59 Å². The summed E-state index contributed by atoms with van der Waals surface area (Å²) in [6.07, 6.45) is 7.11. The molecule has 0 fully saturated rings. The Morgan fingerprint density at radius 3 is 1.20 bits per heavy atom. The molecular weight excluding hydrogens is 2100 g/mol. The number of carboxylic acid groups (broad SMARTS) is 1. The maximum atomic E-state index is 11.6.